The van der Waals surface area contributed by atoms with Crippen LogP contribution in [0.4, 0.5) is 13.2 Å². The molecule has 0 radical (unpaired) electrons. The molecule has 0 aliphatic heterocycles. The number of hydrogen-bond donors (Lipinski definition) is 0. The predicted molar refractivity (Wildman–Crippen MR) is 56.5 cm³/mol. The summed E-state index contributed by atoms with van der Waals surface area (Å²) in [6.45, 7) is 0. The first-order valence-electron chi connectivity index (χ1n) is 4.30. The maximum Gasteiger partial charge on any atom is 0.420 e. The maximum absolute atomic E-state index is 12.8. The van der Waals surface area contributed by atoms with Gasteiger partial charge in [0.15, 0.2) is 0 Å². The average Bonchev–Trinajstić information content (AvgIpc) is 2.12. The summed E-state index contributed by atoms with van der Waals surface area (Å²) in [5, 5.41) is 0. The van der Waals surface area contributed by atoms with E-state index in [9.17, 15) is 21.6 Å². The summed E-state index contributed by atoms with van der Waals surface area (Å²) in [5.74, 6) is -1.34. The lowest BCUT2D eigenvalue weighted by atomic mass is 10.1. The fourth-order valence-corrected chi connectivity index (χ4v) is 2.34. The molecule has 0 saturated heterocycles. The molecule has 17 heavy (non-hydrogen) atoms. The van der Waals surface area contributed by atoms with E-state index in [-0.39, 0.29) is 0 Å². The van der Waals surface area contributed by atoms with Gasteiger partial charge in [-0.2, -0.15) is 13.2 Å². The SMILES string of the molecule is COc1cccc(CS(=O)(=O)Cl)c1C(F)(F)F. The summed E-state index contributed by atoms with van der Waals surface area (Å²) in [6.07, 6.45) is -4.70. The van der Waals surface area contributed by atoms with Crippen molar-refractivity contribution in [1.82, 2.24) is 0 Å². The molecule has 0 fully saturated rings. The van der Waals surface area contributed by atoms with Crippen LogP contribution in [-0.2, 0) is 21.0 Å². The highest BCUT2D eigenvalue weighted by Crippen LogP contribution is 2.39. The molecule has 0 amide bonds. The van der Waals surface area contributed by atoms with Gasteiger partial charge in [-0.15, -0.1) is 0 Å². The van der Waals surface area contributed by atoms with E-state index in [2.05, 4.69) is 4.74 Å². The van der Waals surface area contributed by atoms with Crippen LogP contribution in [0.25, 0.3) is 0 Å². The molecule has 0 unspecified atom stereocenters. The Balaban J connectivity index is 3.40. The van der Waals surface area contributed by atoms with Crippen LogP contribution >= 0.6 is 10.7 Å². The zero-order valence-electron chi connectivity index (χ0n) is 8.58. The molecule has 0 bridgehead atoms. The molecule has 96 valence electrons. The minimum absolute atomic E-state index is 0.435. The molecule has 0 heterocycles. The van der Waals surface area contributed by atoms with Gasteiger partial charge in [0.1, 0.15) is 11.3 Å². The Hall–Kier alpha value is -0.950. The van der Waals surface area contributed by atoms with Gasteiger partial charge >= 0.3 is 6.18 Å². The van der Waals surface area contributed by atoms with Crippen molar-refractivity contribution < 1.29 is 26.3 Å². The third-order valence-electron chi connectivity index (χ3n) is 1.94. The third-order valence-corrected chi connectivity index (χ3v) is 2.93. The molecule has 0 aliphatic rings. The second kappa shape index (κ2) is 4.73. The van der Waals surface area contributed by atoms with E-state index in [4.69, 9.17) is 10.7 Å². The van der Waals surface area contributed by atoms with Crippen molar-refractivity contribution in [1.29, 1.82) is 0 Å². The molecule has 0 saturated carbocycles. The summed E-state index contributed by atoms with van der Waals surface area (Å²) in [4.78, 5) is 0. The first kappa shape index (κ1) is 14.1. The van der Waals surface area contributed by atoms with E-state index < -0.39 is 37.9 Å². The molecule has 0 spiro atoms. The van der Waals surface area contributed by atoms with Crippen LogP contribution in [-0.4, -0.2) is 15.5 Å². The molecule has 0 N–H and O–H groups in total. The summed E-state index contributed by atoms with van der Waals surface area (Å²) < 4.78 is 64.5. The molecule has 0 atom stereocenters. The topological polar surface area (TPSA) is 43.4 Å². The quantitative estimate of drug-likeness (QED) is 0.803. The molecular weight excluding hydrogens is 281 g/mol. The fourth-order valence-electron chi connectivity index (χ4n) is 1.37. The molecule has 1 rings (SSSR count). The Morgan fingerprint density at radius 1 is 1.35 bits per heavy atom. The minimum Gasteiger partial charge on any atom is -0.496 e. The van der Waals surface area contributed by atoms with Gasteiger partial charge in [-0.25, -0.2) is 8.42 Å². The first-order valence-corrected chi connectivity index (χ1v) is 6.78. The predicted octanol–water partition coefficient (Wildman–Crippen LogP) is 2.78. The number of benzene rings is 1. The number of rotatable bonds is 3. The molecule has 0 aromatic heterocycles. The lowest BCUT2D eigenvalue weighted by molar-refractivity contribution is -0.139. The van der Waals surface area contributed by atoms with Gasteiger partial charge in [-0.3, -0.25) is 0 Å². The number of hydrogen-bond acceptors (Lipinski definition) is 3. The summed E-state index contributed by atoms with van der Waals surface area (Å²) >= 11 is 0. The zero-order valence-corrected chi connectivity index (χ0v) is 10.2. The second-order valence-corrected chi connectivity index (χ2v) is 5.95. The van der Waals surface area contributed by atoms with Crippen LogP contribution < -0.4 is 4.74 Å². The first-order chi connectivity index (χ1) is 7.65. The normalized spacial score (nSPS) is 12.5. The van der Waals surface area contributed by atoms with Gasteiger partial charge in [0, 0.05) is 10.7 Å². The number of halogens is 4. The van der Waals surface area contributed by atoms with E-state index in [0.717, 1.165) is 19.2 Å². The molecule has 1 aromatic rings. The largest absolute Gasteiger partial charge is 0.496 e. The Bertz CT molecular complexity index is 511. The number of alkyl halides is 3. The highest BCUT2D eigenvalue weighted by atomic mass is 35.7. The Kier molecular flexibility index (Phi) is 3.93. The van der Waals surface area contributed by atoms with E-state index in [1.165, 1.54) is 6.07 Å². The Morgan fingerprint density at radius 2 is 1.94 bits per heavy atom. The molecular formula is C9H8ClF3O3S. The second-order valence-electron chi connectivity index (χ2n) is 3.18. The van der Waals surface area contributed by atoms with E-state index in [0.29, 0.717) is 0 Å². The Morgan fingerprint density at radius 3 is 2.35 bits per heavy atom. The fraction of sp³-hybridized carbons (Fsp3) is 0.333. The van der Waals surface area contributed by atoms with E-state index in [1.807, 2.05) is 0 Å². The van der Waals surface area contributed by atoms with Crippen LogP contribution in [0.1, 0.15) is 11.1 Å². The summed E-state index contributed by atoms with van der Waals surface area (Å²) in [7, 11) is 1.95. The van der Waals surface area contributed by atoms with Crippen molar-refractivity contribution in [2.75, 3.05) is 7.11 Å². The van der Waals surface area contributed by atoms with Crippen molar-refractivity contribution in [2.45, 2.75) is 11.9 Å². The number of methoxy groups -OCH3 is 1. The van der Waals surface area contributed by atoms with Crippen molar-refractivity contribution in [3.8, 4) is 5.75 Å². The average molecular weight is 289 g/mol. The third kappa shape index (κ3) is 3.78. The van der Waals surface area contributed by atoms with Crippen LogP contribution in [0, 0.1) is 0 Å². The molecule has 8 heteroatoms. The van der Waals surface area contributed by atoms with Crippen LogP contribution in [0.3, 0.4) is 0 Å². The van der Waals surface area contributed by atoms with Crippen LogP contribution in [0.15, 0.2) is 18.2 Å². The van der Waals surface area contributed by atoms with E-state index >= 15 is 0 Å². The number of ether oxygens (including phenoxy) is 1. The van der Waals surface area contributed by atoms with Gasteiger partial charge < -0.3 is 4.74 Å². The van der Waals surface area contributed by atoms with E-state index in [1.54, 1.807) is 0 Å². The van der Waals surface area contributed by atoms with Gasteiger partial charge in [0.25, 0.3) is 0 Å². The van der Waals surface area contributed by atoms with Crippen molar-refractivity contribution in [2.24, 2.45) is 0 Å². The Labute approximate surface area is 101 Å². The smallest absolute Gasteiger partial charge is 0.420 e. The maximum atomic E-state index is 12.8. The monoisotopic (exact) mass is 288 g/mol. The lowest BCUT2D eigenvalue weighted by Crippen LogP contribution is -2.12. The van der Waals surface area contributed by atoms with Crippen LogP contribution in [0.5, 0.6) is 5.75 Å². The van der Waals surface area contributed by atoms with Gasteiger partial charge in [-0.1, -0.05) is 12.1 Å². The highest BCUT2D eigenvalue weighted by Gasteiger charge is 2.37. The zero-order chi connectivity index (χ0) is 13.3. The summed E-state index contributed by atoms with van der Waals surface area (Å²) in [5.41, 5.74) is -1.56. The van der Waals surface area contributed by atoms with Crippen molar-refractivity contribution in [3.05, 3.63) is 29.3 Å². The van der Waals surface area contributed by atoms with Crippen molar-refractivity contribution in [3.63, 3.8) is 0 Å². The highest BCUT2D eigenvalue weighted by molar-refractivity contribution is 8.13. The summed E-state index contributed by atoms with van der Waals surface area (Å²) in [6, 6.07) is 3.42. The standard InChI is InChI=1S/C9H8ClF3O3S/c1-16-7-4-2-3-6(5-17(10,14)15)8(7)9(11,12)13/h2-4H,5H2,1H3. The van der Waals surface area contributed by atoms with Crippen LogP contribution in [0.2, 0.25) is 0 Å². The molecule has 3 nitrogen and oxygen atoms in total. The molecule has 0 aliphatic carbocycles. The van der Waals surface area contributed by atoms with Gasteiger partial charge in [-0.05, 0) is 11.6 Å². The molecule has 1 aromatic carbocycles. The van der Waals surface area contributed by atoms with Crippen molar-refractivity contribution >= 4 is 19.7 Å². The lowest BCUT2D eigenvalue weighted by Gasteiger charge is -2.15. The minimum atomic E-state index is -4.70. The van der Waals surface area contributed by atoms with Gasteiger partial charge in [0.05, 0.1) is 12.9 Å². The van der Waals surface area contributed by atoms with Gasteiger partial charge in [0.2, 0.25) is 9.05 Å².